The molecule has 2 aromatic rings. The third-order valence-electron chi connectivity index (χ3n) is 5.25. The van der Waals surface area contributed by atoms with Crippen LogP contribution in [0, 0.1) is 5.82 Å². The number of rotatable bonds is 8. The summed E-state index contributed by atoms with van der Waals surface area (Å²) in [5, 5.41) is 11.3. The smallest absolute Gasteiger partial charge is 0.295 e. The number of hydrogen-bond acceptors (Lipinski definition) is 4. The Kier molecular flexibility index (Phi) is 7.33. The molecule has 1 saturated heterocycles. The highest BCUT2D eigenvalue weighted by molar-refractivity contribution is 6.47. The number of aliphatic hydroxyl groups excluding tert-OH is 1. The lowest BCUT2D eigenvalue weighted by Gasteiger charge is -2.25. The first-order valence-corrected chi connectivity index (χ1v) is 10.7. The van der Waals surface area contributed by atoms with Crippen LogP contribution < -0.4 is 4.74 Å². The molecular formula is C24H25ClFNO4. The molecule has 0 aromatic heterocycles. The fourth-order valence-corrected chi connectivity index (χ4v) is 3.96. The van der Waals surface area contributed by atoms with Crippen LogP contribution in [0.3, 0.4) is 0 Å². The number of aliphatic hydroxyl groups is 1. The molecule has 1 aliphatic rings. The SMILES string of the molecule is CCCCCN1C(=O)C(=O)/C(=C(/O)c2cc(OCC)ccc2Cl)C1c1ccccc1F. The Hall–Kier alpha value is -2.86. The Morgan fingerprint density at radius 3 is 2.58 bits per heavy atom. The van der Waals surface area contributed by atoms with Crippen LogP contribution in [-0.2, 0) is 9.59 Å². The van der Waals surface area contributed by atoms with Gasteiger partial charge in [0, 0.05) is 17.7 Å². The first kappa shape index (κ1) is 22.8. The zero-order valence-electron chi connectivity index (χ0n) is 17.5. The number of halogens is 2. The van der Waals surface area contributed by atoms with Crippen molar-refractivity contribution in [2.45, 2.75) is 39.2 Å². The van der Waals surface area contributed by atoms with Crippen molar-refractivity contribution in [2.24, 2.45) is 0 Å². The molecule has 2 aromatic carbocycles. The van der Waals surface area contributed by atoms with Crippen molar-refractivity contribution in [3.63, 3.8) is 0 Å². The highest BCUT2D eigenvalue weighted by atomic mass is 35.5. The van der Waals surface area contributed by atoms with E-state index in [0.717, 1.165) is 12.8 Å². The summed E-state index contributed by atoms with van der Waals surface area (Å²) in [5.74, 6) is -2.18. The molecule has 0 spiro atoms. The summed E-state index contributed by atoms with van der Waals surface area (Å²) >= 11 is 6.28. The van der Waals surface area contributed by atoms with Gasteiger partial charge in [-0.25, -0.2) is 4.39 Å². The first-order valence-electron chi connectivity index (χ1n) is 10.4. The lowest BCUT2D eigenvalue weighted by atomic mass is 9.94. The molecule has 1 amide bonds. The molecule has 1 fully saturated rings. The topological polar surface area (TPSA) is 66.8 Å². The van der Waals surface area contributed by atoms with E-state index in [1.165, 1.54) is 35.2 Å². The third-order valence-corrected chi connectivity index (χ3v) is 5.58. The Morgan fingerprint density at radius 2 is 1.90 bits per heavy atom. The van der Waals surface area contributed by atoms with Gasteiger partial charge >= 0.3 is 0 Å². The molecule has 164 valence electrons. The van der Waals surface area contributed by atoms with E-state index in [0.29, 0.717) is 18.8 Å². The maximum atomic E-state index is 14.7. The number of nitrogens with zero attached hydrogens (tertiary/aromatic N) is 1. The molecule has 0 radical (unpaired) electrons. The molecule has 7 heteroatoms. The molecule has 0 saturated carbocycles. The Balaban J connectivity index is 2.18. The standard InChI is InChI=1S/C24H25ClFNO4/c1-3-5-8-13-27-21(16-9-6-7-10-19(16)26)20(23(29)24(27)30)22(28)17-14-15(31-4-2)11-12-18(17)25/h6-7,9-12,14,21,28H,3-5,8,13H2,1-2H3/b22-20+. The lowest BCUT2D eigenvalue weighted by molar-refractivity contribution is -0.139. The van der Waals surface area contributed by atoms with Gasteiger partial charge in [-0.2, -0.15) is 0 Å². The number of ether oxygens (including phenoxy) is 1. The number of Topliss-reactive ketones (excluding diaryl/α,β-unsaturated/α-hetero) is 1. The summed E-state index contributed by atoms with van der Waals surface area (Å²) in [4.78, 5) is 27.2. The van der Waals surface area contributed by atoms with E-state index in [-0.39, 0.29) is 28.3 Å². The van der Waals surface area contributed by atoms with Gasteiger partial charge in [0.1, 0.15) is 17.3 Å². The van der Waals surface area contributed by atoms with Gasteiger partial charge in [0.05, 0.1) is 23.2 Å². The van der Waals surface area contributed by atoms with Crippen LogP contribution in [0.2, 0.25) is 5.02 Å². The fourth-order valence-electron chi connectivity index (χ4n) is 3.75. The third kappa shape index (κ3) is 4.59. The summed E-state index contributed by atoms with van der Waals surface area (Å²) in [5.41, 5.74) is 0.125. The van der Waals surface area contributed by atoms with Crippen LogP contribution in [-0.4, -0.2) is 34.8 Å². The summed E-state index contributed by atoms with van der Waals surface area (Å²) in [6.07, 6.45) is 2.44. The van der Waals surface area contributed by atoms with Crippen LogP contribution >= 0.6 is 11.6 Å². The molecule has 0 aliphatic carbocycles. The first-order chi connectivity index (χ1) is 14.9. The van der Waals surface area contributed by atoms with Crippen molar-refractivity contribution in [2.75, 3.05) is 13.2 Å². The second kappa shape index (κ2) is 9.96. The van der Waals surface area contributed by atoms with E-state index in [9.17, 15) is 19.1 Å². The maximum absolute atomic E-state index is 14.7. The van der Waals surface area contributed by atoms with Crippen LogP contribution in [0.4, 0.5) is 4.39 Å². The highest BCUT2D eigenvalue weighted by Crippen LogP contribution is 2.42. The molecule has 5 nitrogen and oxygen atoms in total. The summed E-state index contributed by atoms with van der Waals surface area (Å²) in [6.45, 7) is 4.52. The van der Waals surface area contributed by atoms with Crippen LogP contribution in [0.5, 0.6) is 5.75 Å². The van der Waals surface area contributed by atoms with E-state index in [1.807, 2.05) is 13.8 Å². The Labute approximate surface area is 186 Å². The van der Waals surface area contributed by atoms with E-state index in [2.05, 4.69) is 0 Å². The predicted molar refractivity (Wildman–Crippen MR) is 118 cm³/mol. The monoisotopic (exact) mass is 445 g/mol. The molecule has 1 heterocycles. The zero-order chi connectivity index (χ0) is 22.5. The van der Waals surface area contributed by atoms with Crippen LogP contribution in [0.25, 0.3) is 5.76 Å². The van der Waals surface area contributed by atoms with Gasteiger partial charge in [-0.3, -0.25) is 9.59 Å². The van der Waals surface area contributed by atoms with E-state index in [1.54, 1.807) is 12.1 Å². The van der Waals surface area contributed by atoms with Gasteiger partial charge in [-0.15, -0.1) is 0 Å². The van der Waals surface area contributed by atoms with Crippen molar-refractivity contribution >= 4 is 29.1 Å². The van der Waals surface area contributed by atoms with Crippen molar-refractivity contribution < 1.29 is 23.8 Å². The van der Waals surface area contributed by atoms with Crippen LogP contribution in [0.1, 0.15) is 50.3 Å². The molecule has 0 bridgehead atoms. The second-order valence-electron chi connectivity index (χ2n) is 7.30. The highest BCUT2D eigenvalue weighted by Gasteiger charge is 2.46. The van der Waals surface area contributed by atoms with Gasteiger partial charge in [0.25, 0.3) is 11.7 Å². The number of hydrogen-bond donors (Lipinski definition) is 1. The largest absolute Gasteiger partial charge is 0.507 e. The quantitative estimate of drug-likeness (QED) is 0.252. The Bertz CT molecular complexity index is 1020. The van der Waals surface area contributed by atoms with E-state index in [4.69, 9.17) is 16.3 Å². The molecular weight excluding hydrogens is 421 g/mol. The predicted octanol–water partition coefficient (Wildman–Crippen LogP) is 5.49. The molecule has 31 heavy (non-hydrogen) atoms. The number of carbonyl (C=O) groups is 2. The molecule has 1 aliphatic heterocycles. The minimum atomic E-state index is -1.04. The van der Waals surface area contributed by atoms with Crippen molar-refractivity contribution in [1.29, 1.82) is 0 Å². The fraction of sp³-hybridized carbons (Fsp3) is 0.333. The van der Waals surface area contributed by atoms with Gasteiger partial charge in [-0.1, -0.05) is 49.6 Å². The number of unbranched alkanes of at least 4 members (excludes halogenated alkanes) is 2. The van der Waals surface area contributed by atoms with Gasteiger partial charge in [-0.05, 0) is 37.6 Å². The summed E-state index contributed by atoms with van der Waals surface area (Å²) in [7, 11) is 0. The van der Waals surface area contributed by atoms with E-state index >= 15 is 0 Å². The minimum Gasteiger partial charge on any atom is -0.507 e. The van der Waals surface area contributed by atoms with Crippen molar-refractivity contribution in [3.05, 3.63) is 70.0 Å². The lowest BCUT2D eigenvalue weighted by Crippen LogP contribution is -2.31. The average molecular weight is 446 g/mol. The number of benzene rings is 2. The number of ketones is 1. The summed E-state index contributed by atoms with van der Waals surface area (Å²) in [6, 6.07) is 9.60. The van der Waals surface area contributed by atoms with Crippen molar-refractivity contribution in [3.8, 4) is 5.75 Å². The van der Waals surface area contributed by atoms with Crippen molar-refractivity contribution in [1.82, 2.24) is 4.90 Å². The number of carbonyl (C=O) groups excluding carboxylic acids is 2. The molecule has 1 N–H and O–H groups in total. The van der Waals surface area contributed by atoms with Gasteiger partial charge < -0.3 is 14.7 Å². The maximum Gasteiger partial charge on any atom is 0.295 e. The summed E-state index contributed by atoms with van der Waals surface area (Å²) < 4.78 is 20.2. The normalized spacial score (nSPS) is 17.9. The Morgan fingerprint density at radius 1 is 1.16 bits per heavy atom. The number of amides is 1. The molecule has 1 unspecified atom stereocenters. The van der Waals surface area contributed by atoms with Gasteiger partial charge in [0.2, 0.25) is 0 Å². The average Bonchev–Trinajstić information content (AvgIpc) is 3.00. The van der Waals surface area contributed by atoms with Gasteiger partial charge in [0.15, 0.2) is 0 Å². The molecule has 3 rings (SSSR count). The number of likely N-dealkylation sites (tertiary alicyclic amines) is 1. The van der Waals surface area contributed by atoms with E-state index < -0.39 is 29.3 Å². The molecule has 1 atom stereocenters. The van der Waals surface area contributed by atoms with Crippen LogP contribution in [0.15, 0.2) is 48.0 Å². The minimum absolute atomic E-state index is 0.150. The second-order valence-corrected chi connectivity index (χ2v) is 7.70. The zero-order valence-corrected chi connectivity index (χ0v) is 18.3.